The molecule has 84 valence electrons. The number of benzene rings is 1. The third kappa shape index (κ3) is 1.91. The van der Waals surface area contributed by atoms with Crippen molar-refractivity contribution in [1.29, 1.82) is 0 Å². The van der Waals surface area contributed by atoms with E-state index in [-0.39, 0.29) is 11.8 Å². The van der Waals surface area contributed by atoms with Gasteiger partial charge in [-0.05, 0) is 36.1 Å². The van der Waals surface area contributed by atoms with Crippen LogP contribution in [0, 0.1) is 0 Å². The number of anilines is 2. The molecule has 1 aromatic carbocycles. The smallest absolute Gasteiger partial charge is 0.221 e. The van der Waals surface area contributed by atoms with Crippen molar-refractivity contribution in [3.63, 3.8) is 0 Å². The highest BCUT2D eigenvalue weighted by Crippen LogP contribution is 2.36. The van der Waals surface area contributed by atoms with Gasteiger partial charge in [0.15, 0.2) is 0 Å². The molecular formula is C12H14N2O2. The minimum atomic E-state index is -0.0682. The molecule has 2 amide bonds. The molecule has 0 spiro atoms. The van der Waals surface area contributed by atoms with Crippen molar-refractivity contribution in [3.8, 4) is 0 Å². The Morgan fingerprint density at radius 2 is 1.31 bits per heavy atom. The summed E-state index contributed by atoms with van der Waals surface area (Å²) in [5, 5.41) is 5.59. The molecule has 2 rings (SSSR count). The minimum absolute atomic E-state index is 0.0682. The SMILES string of the molecule is CC(=O)Nc1ccc(NC(C)=O)c2c1CC2. The lowest BCUT2D eigenvalue weighted by Crippen LogP contribution is -2.19. The average Bonchev–Trinajstić information content (AvgIpc) is 2.07. The van der Waals surface area contributed by atoms with Gasteiger partial charge in [-0.3, -0.25) is 9.59 Å². The quantitative estimate of drug-likeness (QED) is 0.793. The van der Waals surface area contributed by atoms with Crippen molar-refractivity contribution in [3.05, 3.63) is 23.3 Å². The molecule has 0 unspecified atom stereocenters. The van der Waals surface area contributed by atoms with Crippen LogP contribution in [0.4, 0.5) is 11.4 Å². The van der Waals surface area contributed by atoms with Crippen LogP contribution in [-0.4, -0.2) is 11.8 Å². The van der Waals surface area contributed by atoms with E-state index in [1.807, 2.05) is 12.1 Å². The molecular weight excluding hydrogens is 204 g/mol. The van der Waals surface area contributed by atoms with Gasteiger partial charge in [-0.1, -0.05) is 0 Å². The lowest BCUT2D eigenvalue weighted by Gasteiger charge is -2.25. The summed E-state index contributed by atoms with van der Waals surface area (Å²) < 4.78 is 0. The Morgan fingerprint density at radius 3 is 1.56 bits per heavy atom. The van der Waals surface area contributed by atoms with E-state index in [0.717, 1.165) is 35.3 Å². The number of amides is 2. The van der Waals surface area contributed by atoms with Gasteiger partial charge in [0, 0.05) is 25.2 Å². The van der Waals surface area contributed by atoms with Crippen LogP contribution in [0.3, 0.4) is 0 Å². The van der Waals surface area contributed by atoms with E-state index in [4.69, 9.17) is 0 Å². The summed E-state index contributed by atoms with van der Waals surface area (Å²) in [5.41, 5.74) is 4.01. The van der Waals surface area contributed by atoms with Crippen LogP contribution in [0.1, 0.15) is 25.0 Å². The van der Waals surface area contributed by atoms with Crippen LogP contribution in [0.5, 0.6) is 0 Å². The second kappa shape index (κ2) is 3.96. The number of carbonyl (C=O) groups is 2. The molecule has 0 atom stereocenters. The number of hydrogen-bond acceptors (Lipinski definition) is 2. The fraction of sp³-hybridized carbons (Fsp3) is 0.333. The molecule has 1 aromatic rings. The molecule has 0 radical (unpaired) electrons. The topological polar surface area (TPSA) is 58.2 Å². The molecule has 1 aliphatic carbocycles. The number of rotatable bonds is 2. The predicted molar refractivity (Wildman–Crippen MR) is 62.5 cm³/mol. The summed E-state index contributed by atoms with van der Waals surface area (Å²) in [6, 6.07) is 3.68. The molecule has 0 aliphatic heterocycles. The molecule has 0 heterocycles. The predicted octanol–water partition coefficient (Wildman–Crippen LogP) is 1.70. The van der Waals surface area contributed by atoms with Crippen LogP contribution in [-0.2, 0) is 22.4 Å². The second-order valence-corrected chi connectivity index (χ2v) is 3.98. The monoisotopic (exact) mass is 218 g/mol. The van der Waals surface area contributed by atoms with Crippen LogP contribution in [0.25, 0.3) is 0 Å². The Morgan fingerprint density at radius 1 is 0.938 bits per heavy atom. The third-order valence-electron chi connectivity index (χ3n) is 2.68. The normalized spacial score (nSPS) is 12.4. The maximum atomic E-state index is 11.0. The van der Waals surface area contributed by atoms with Gasteiger partial charge >= 0.3 is 0 Å². The van der Waals surface area contributed by atoms with Gasteiger partial charge in [-0.25, -0.2) is 0 Å². The number of hydrogen-bond donors (Lipinski definition) is 2. The zero-order chi connectivity index (χ0) is 11.7. The Balaban J connectivity index is 2.30. The Kier molecular flexibility index (Phi) is 2.64. The molecule has 0 saturated carbocycles. The average molecular weight is 218 g/mol. The van der Waals surface area contributed by atoms with Crippen LogP contribution >= 0.6 is 0 Å². The van der Waals surface area contributed by atoms with E-state index >= 15 is 0 Å². The molecule has 16 heavy (non-hydrogen) atoms. The Hall–Kier alpha value is -1.84. The fourth-order valence-corrected chi connectivity index (χ4v) is 1.95. The fourth-order valence-electron chi connectivity index (χ4n) is 1.95. The first-order chi connectivity index (χ1) is 7.58. The zero-order valence-electron chi connectivity index (χ0n) is 9.39. The first kappa shape index (κ1) is 10.7. The molecule has 0 aromatic heterocycles. The van der Waals surface area contributed by atoms with Crippen molar-refractivity contribution in [2.24, 2.45) is 0 Å². The third-order valence-corrected chi connectivity index (χ3v) is 2.68. The summed E-state index contributed by atoms with van der Waals surface area (Å²) in [7, 11) is 0. The highest BCUT2D eigenvalue weighted by atomic mass is 16.2. The van der Waals surface area contributed by atoms with E-state index in [2.05, 4.69) is 10.6 Å². The van der Waals surface area contributed by atoms with Gasteiger partial charge < -0.3 is 10.6 Å². The molecule has 1 aliphatic rings. The van der Waals surface area contributed by atoms with Crippen LogP contribution < -0.4 is 10.6 Å². The molecule has 2 N–H and O–H groups in total. The van der Waals surface area contributed by atoms with Crippen molar-refractivity contribution in [1.82, 2.24) is 0 Å². The van der Waals surface area contributed by atoms with Crippen molar-refractivity contribution >= 4 is 23.2 Å². The molecule has 0 saturated heterocycles. The maximum Gasteiger partial charge on any atom is 0.221 e. The van der Waals surface area contributed by atoms with Crippen molar-refractivity contribution in [2.75, 3.05) is 10.6 Å². The second-order valence-electron chi connectivity index (χ2n) is 3.98. The van der Waals surface area contributed by atoms with E-state index < -0.39 is 0 Å². The first-order valence-corrected chi connectivity index (χ1v) is 5.28. The highest BCUT2D eigenvalue weighted by molar-refractivity contribution is 5.94. The lowest BCUT2D eigenvalue weighted by atomic mass is 9.85. The molecule has 0 bridgehead atoms. The lowest BCUT2D eigenvalue weighted by molar-refractivity contribution is -0.115. The summed E-state index contributed by atoms with van der Waals surface area (Å²) in [6.07, 6.45) is 1.91. The van der Waals surface area contributed by atoms with Gasteiger partial charge in [0.25, 0.3) is 0 Å². The number of carbonyl (C=O) groups excluding carboxylic acids is 2. The largest absolute Gasteiger partial charge is 0.326 e. The van der Waals surface area contributed by atoms with E-state index in [1.54, 1.807) is 0 Å². The zero-order valence-corrected chi connectivity index (χ0v) is 9.39. The first-order valence-electron chi connectivity index (χ1n) is 5.28. The minimum Gasteiger partial charge on any atom is -0.326 e. The van der Waals surface area contributed by atoms with Gasteiger partial charge in [0.05, 0.1) is 0 Å². The summed E-state index contributed by atoms with van der Waals surface area (Å²) >= 11 is 0. The summed E-state index contributed by atoms with van der Waals surface area (Å²) in [6.45, 7) is 2.99. The van der Waals surface area contributed by atoms with E-state index in [9.17, 15) is 9.59 Å². The van der Waals surface area contributed by atoms with Gasteiger partial charge in [-0.15, -0.1) is 0 Å². The standard InChI is InChI=1S/C12H14N2O2/c1-7(15)13-11-5-6-12(14-8(2)16)10-4-3-9(10)11/h5-6H,3-4H2,1-2H3,(H,13,15)(H,14,16). The van der Waals surface area contributed by atoms with E-state index in [1.165, 1.54) is 13.8 Å². The van der Waals surface area contributed by atoms with E-state index in [0.29, 0.717) is 0 Å². The van der Waals surface area contributed by atoms with Gasteiger partial charge in [0.1, 0.15) is 0 Å². The number of nitrogens with one attached hydrogen (secondary N) is 2. The summed E-state index contributed by atoms with van der Waals surface area (Å²) in [5.74, 6) is -0.136. The number of fused-ring (bicyclic) bond motifs is 1. The molecule has 0 fully saturated rings. The van der Waals surface area contributed by atoms with Crippen molar-refractivity contribution in [2.45, 2.75) is 26.7 Å². The maximum absolute atomic E-state index is 11.0. The highest BCUT2D eigenvalue weighted by Gasteiger charge is 2.21. The van der Waals surface area contributed by atoms with Gasteiger partial charge in [0.2, 0.25) is 11.8 Å². The molecule has 4 nitrogen and oxygen atoms in total. The van der Waals surface area contributed by atoms with Crippen molar-refractivity contribution < 1.29 is 9.59 Å². The van der Waals surface area contributed by atoms with Crippen LogP contribution in [0.2, 0.25) is 0 Å². The Labute approximate surface area is 94.0 Å². The summed E-state index contributed by atoms with van der Waals surface area (Å²) in [4.78, 5) is 22.0. The van der Waals surface area contributed by atoms with Gasteiger partial charge in [-0.2, -0.15) is 0 Å². The molecule has 4 heteroatoms. The van der Waals surface area contributed by atoms with Crippen LogP contribution in [0.15, 0.2) is 12.1 Å². The Bertz CT molecular complexity index is 423.